The Kier molecular flexibility index (Phi) is 4.05. The molecule has 0 aliphatic heterocycles. The van der Waals surface area contributed by atoms with Crippen LogP contribution in [0.2, 0.25) is 5.02 Å². The molecule has 0 fully saturated rings. The Hall–Kier alpha value is -2.33. The Labute approximate surface area is 120 Å². The standard InChI is InChI=1S/C15H11ClO4/c16-11-5-6-13(15(19)20)10(8-11)7-9-3-1-2-4-12(9)14(17)18/h1-6,8H,7H2,(H,17,18)(H,19,20). The molecular weight excluding hydrogens is 280 g/mol. The lowest BCUT2D eigenvalue weighted by Crippen LogP contribution is -2.06. The molecule has 0 spiro atoms. The molecule has 0 aliphatic rings. The van der Waals surface area contributed by atoms with Crippen LogP contribution >= 0.6 is 11.6 Å². The smallest absolute Gasteiger partial charge is 0.335 e. The van der Waals surface area contributed by atoms with Crippen molar-refractivity contribution in [2.24, 2.45) is 0 Å². The average Bonchev–Trinajstić information content (AvgIpc) is 2.38. The van der Waals surface area contributed by atoms with Crippen LogP contribution in [0.5, 0.6) is 0 Å². The van der Waals surface area contributed by atoms with E-state index in [-0.39, 0.29) is 17.5 Å². The zero-order valence-electron chi connectivity index (χ0n) is 10.3. The van der Waals surface area contributed by atoms with E-state index < -0.39 is 11.9 Å². The van der Waals surface area contributed by atoms with Gasteiger partial charge in [-0.2, -0.15) is 0 Å². The second-order valence-corrected chi connectivity index (χ2v) is 4.68. The maximum absolute atomic E-state index is 11.2. The van der Waals surface area contributed by atoms with Crippen LogP contribution in [0, 0.1) is 0 Å². The van der Waals surface area contributed by atoms with Crippen LogP contribution in [0.1, 0.15) is 31.8 Å². The monoisotopic (exact) mass is 290 g/mol. The first-order chi connectivity index (χ1) is 9.49. The van der Waals surface area contributed by atoms with E-state index in [4.69, 9.17) is 21.8 Å². The third-order valence-corrected chi connectivity index (χ3v) is 3.16. The van der Waals surface area contributed by atoms with Crippen LogP contribution < -0.4 is 0 Å². The van der Waals surface area contributed by atoms with Gasteiger partial charge in [0.2, 0.25) is 0 Å². The third kappa shape index (κ3) is 2.97. The van der Waals surface area contributed by atoms with Gasteiger partial charge >= 0.3 is 11.9 Å². The van der Waals surface area contributed by atoms with Gasteiger partial charge in [0, 0.05) is 5.02 Å². The molecule has 0 atom stereocenters. The molecule has 102 valence electrons. The molecule has 4 nitrogen and oxygen atoms in total. The van der Waals surface area contributed by atoms with Crippen LogP contribution in [-0.2, 0) is 6.42 Å². The lowest BCUT2D eigenvalue weighted by molar-refractivity contribution is 0.0686. The molecule has 0 aromatic heterocycles. The molecule has 0 bridgehead atoms. The Balaban J connectivity index is 2.47. The van der Waals surface area contributed by atoms with E-state index in [1.165, 1.54) is 18.2 Å². The molecule has 0 radical (unpaired) electrons. The molecule has 20 heavy (non-hydrogen) atoms. The summed E-state index contributed by atoms with van der Waals surface area (Å²) in [5, 5.41) is 18.7. The van der Waals surface area contributed by atoms with Crippen molar-refractivity contribution < 1.29 is 19.8 Å². The Morgan fingerprint density at radius 1 is 0.900 bits per heavy atom. The molecule has 2 rings (SSSR count). The van der Waals surface area contributed by atoms with Crippen molar-refractivity contribution in [2.75, 3.05) is 0 Å². The van der Waals surface area contributed by atoms with Crippen LogP contribution in [0.4, 0.5) is 0 Å². The second-order valence-electron chi connectivity index (χ2n) is 4.25. The Morgan fingerprint density at radius 3 is 2.15 bits per heavy atom. The largest absolute Gasteiger partial charge is 0.478 e. The van der Waals surface area contributed by atoms with E-state index in [1.54, 1.807) is 24.3 Å². The number of hydrogen-bond donors (Lipinski definition) is 2. The first kappa shape index (κ1) is 14.1. The normalized spacial score (nSPS) is 10.2. The Morgan fingerprint density at radius 2 is 1.50 bits per heavy atom. The van der Waals surface area contributed by atoms with Crippen molar-refractivity contribution in [1.29, 1.82) is 0 Å². The Bertz CT molecular complexity index is 679. The maximum Gasteiger partial charge on any atom is 0.335 e. The lowest BCUT2D eigenvalue weighted by Gasteiger charge is -2.09. The van der Waals surface area contributed by atoms with Crippen molar-refractivity contribution in [3.05, 3.63) is 69.7 Å². The summed E-state index contributed by atoms with van der Waals surface area (Å²) in [6, 6.07) is 11.0. The summed E-state index contributed by atoms with van der Waals surface area (Å²) in [6.45, 7) is 0. The highest BCUT2D eigenvalue weighted by Gasteiger charge is 2.14. The molecular formula is C15H11ClO4. The quantitative estimate of drug-likeness (QED) is 0.906. The summed E-state index contributed by atoms with van der Waals surface area (Å²) < 4.78 is 0. The zero-order valence-corrected chi connectivity index (χ0v) is 11.1. The average molecular weight is 291 g/mol. The fourth-order valence-electron chi connectivity index (χ4n) is 2.01. The number of carboxylic acids is 2. The van der Waals surface area contributed by atoms with Crippen LogP contribution in [0.3, 0.4) is 0 Å². The topological polar surface area (TPSA) is 74.6 Å². The molecule has 0 unspecified atom stereocenters. The van der Waals surface area contributed by atoms with Crippen molar-refractivity contribution in [1.82, 2.24) is 0 Å². The zero-order chi connectivity index (χ0) is 14.7. The second kappa shape index (κ2) is 5.75. The van der Waals surface area contributed by atoms with Crippen LogP contribution in [-0.4, -0.2) is 22.2 Å². The molecule has 0 heterocycles. The van der Waals surface area contributed by atoms with Crippen molar-refractivity contribution in [2.45, 2.75) is 6.42 Å². The van der Waals surface area contributed by atoms with E-state index >= 15 is 0 Å². The highest BCUT2D eigenvalue weighted by atomic mass is 35.5. The summed E-state index contributed by atoms with van der Waals surface area (Å²) in [6.07, 6.45) is 0.199. The summed E-state index contributed by atoms with van der Waals surface area (Å²) in [5.74, 6) is -2.11. The van der Waals surface area contributed by atoms with E-state index in [9.17, 15) is 9.59 Å². The van der Waals surface area contributed by atoms with Gasteiger partial charge < -0.3 is 10.2 Å². The minimum Gasteiger partial charge on any atom is -0.478 e. The third-order valence-electron chi connectivity index (χ3n) is 2.93. The summed E-state index contributed by atoms with van der Waals surface area (Å²) in [4.78, 5) is 22.3. The van der Waals surface area contributed by atoms with E-state index in [1.807, 2.05) is 0 Å². The van der Waals surface area contributed by atoms with Gasteiger partial charge in [-0.1, -0.05) is 29.8 Å². The molecule has 0 saturated heterocycles. The molecule has 0 saturated carbocycles. The molecule has 0 amide bonds. The van der Waals surface area contributed by atoms with E-state index in [2.05, 4.69) is 0 Å². The van der Waals surface area contributed by atoms with Crippen LogP contribution in [0.15, 0.2) is 42.5 Å². The number of carboxylic acid groups (broad SMARTS) is 2. The van der Waals surface area contributed by atoms with Gasteiger partial charge in [0.1, 0.15) is 0 Å². The number of halogens is 1. The summed E-state index contributed by atoms with van der Waals surface area (Å²) >= 11 is 5.88. The number of benzene rings is 2. The molecule has 0 aliphatic carbocycles. The fraction of sp³-hybridized carbons (Fsp3) is 0.0667. The minimum atomic E-state index is -1.07. The molecule has 5 heteroatoms. The number of aromatic carboxylic acids is 2. The van der Waals surface area contributed by atoms with Gasteiger partial charge in [-0.3, -0.25) is 0 Å². The van der Waals surface area contributed by atoms with Gasteiger partial charge in [-0.25, -0.2) is 9.59 Å². The van der Waals surface area contributed by atoms with E-state index in [0.717, 1.165) is 0 Å². The number of rotatable bonds is 4. The maximum atomic E-state index is 11.2. The highest BCUT2D eigenvalue weighted by molar-refractivity contribution is 6.30. The first-order valence-corrected chi connectivity index (χ1v) is 6.19. The molecule has 2 N–H and O–H groups in total. The van der Waals surface area contributed by atoms with E-state index in [0.29, 0.717) is 16.1 Å². The highest BCUT2D eigenvalue weighted by Crippen LogP contribution is 2.21. The summed E-state index contributed by atoms with van der Waals surface area (Å²) in [5.41, 5.74) is 1.31. The van der Waals surface area contributed by atoms with Gasteiger partial charge in [-0.15, -0.1) is 0 Å². The van der Waals surface area contributed by atoms with Gasteiger partial charge in [0.15, 0.2) is 0 Å². The van der Waals surface area contributed by atoms with Crippen molar-refractivity contribution in [3.8, 4) is 0 Å². The number of hydrogen-bond acceptors (Lipinski definition) is 2. The first-order valence-electron chi connectivity index (χ1n) is 5.82. The molecule has 2 aromatic rings. The van der Waals surface area contributed by atoms with Crippen molar-refractivity contribution >= 4 is 23.5 Å². The SMILES string of the molecule is O=C(O)c1ccccc1Cc1cc(Cl)ccc1C(=O)O. The minimum absolute atomic E-state index is 0.120. The van der Waals surface area contributed by atoms with Gasteiger partial charge in [0.05, 0.1) is 11.1 Å². The predicted octanol–water partition coefficient (Wildman–Crippen LogP) is 3.33. The molecule has 2 aromatic carbocycles. The van der Waals surface area contributed by atoms with Gasteiger partial charge in [-0.05, 0) is 41.8 Å². The fourth-order valence-corrected chi connectivity index (χ4v) is 2.20. The van der Waals surface area contributed by atoms with Crippen LogP contribution in [0.25, 0.3) is 0 Å². The number of carbonyl (C=O) groups is 2. The predicted molar refractivity (Wildman–Crippen MR) is 74.6 cm³/mol. The van der Waals surface area contributed by atoms with Gasteiger partial charge in [0.25, 0.3) is 0 Å². The lowest BCUT2D eigenvalue weighted by atomic mass is 9.96. The van der Waals surface area contributed by atoms with Crippen molar-refractivity contribution in [3.63, 3.8) is 0 Å². The summed E-state index contributed by atoms with van der Waals surface area (Å²) in [7, 11) is 0.